The maximum absolute atomic E-state index is 11.2. The SMILES string of the molecule is CNC(C)(CCCCN(C)c1cc(C)cc(C)c1)C(=O)O. The van der Waals surface area contributed by atoms with Gasteiger partial charge in [0.2, 0.25) is 0 Å². The number of likely N-dealkylation sites (N-methyl/N-ethyl adjacent to an activating group) is 1. The van der Waals surface area contributed by atoms with Crippen LogP contribution in [0.2, 0.25) is 0 Å². The molecule has 0 aliphatic rings. The summed E-state index contributed by atoms with van der Waals surface area (Å²) in [5, 5.41) is 12.1. The molecule has 0 fully saturated rings. The molecule has 0 heterocycles. The van der Waals surface area contributed by atoms with Gasteiger partial charge < -0.3 is 15.3 Å². The summed E-state index contributed by atoms with van der Waals surface area (Å²) in [5.41, 5.74) is 2.94. The van der Waals surface area contributed by atoms with Gasteiger partial charge in [-0.25, -0.2) is 0 Å². The van der Waals surface area contributed by atoms with E-state index < -0.39 is 11.5 Å². The standard InChI is InChI=1S/C17H28N2O2/c1-13-10-14(2)12-15(11-13)19(5)9-7-6-8-17(3,18-4)16(20)21/h10-12,18H,6-9H2,1-5H3,(H,20,21). The minimum Gasteiger partial charge on any atom is -0.480 e. The van der Waals surface area contributed by atoms with Gasteiger partial charge in [-0.05, 0) is 70.3 Å². The molecule has 4 heteroatoms. The van der Waals surface area contributed by atoms with Crippen LogP contribution in [0.15, 0.2) is 18.2 Å². The number of aryl methyl sites for hydroxylation is 2. The van der Waals surface area contributed by atoms with Crippen molar-refractivity contribution in [2.75, 3.05) is 25.5 Å². The van der Waals surface area contributed by atoms with E-state index in [1.807, 2.05) is 0 Å². The molecule has 1 aromatic rings. The van der Waals surface area contributed by atoms with Gasteiger partial charge in [-0.2, -0.15) is 0 Å². The largest absolute Gasteiger partial charge is 0.480 e. The lowest BCUT2D eigenvalue weighted by molar-refractivity contribution is -0.144. The number of carboxylic acids is 1. The van der Waals surface area contributed by atoms with Gasteiger partial charge in [-0.15, -0.1) is 0 Å². The molecule has 1 atom stereocenters. The first-order chi connectivity index (χ1) is 9.78. The van der Waals surface area contributed by atoms with Crippen molar-refractivity contribution in [1.82, 2.24) is 5.32 Å². The molecule has 0 amide bonds. The molecule has 1 unspecified atom stereocenters. The molecule has 0 aliphatic heterocycles. The van der Waals surface area contributed by atoms with Gasteiger partial charge >= 0.3 is 5.97 Å². The Balaban J connectivity index is 2.47. The Kier molecular flexibility index (Phi) is 6.21. The molecule has 118 valence electrons. The van der Waals surface area contributed by atoms with Crippen LogP contribution in [0.25, 0.3) is 0 Å². The van der Waals surface area contributed by atoms with Crippen molar-refractivity contribution in [3.05, 3.63) is 29.3 Å². The number of rotatable bonds is 8. The smallest absolute Gasteiger partial charge is 0.323 e. The number of aliphatic carboxylic acids is 1. The number of hydrogen-bond donors (Lipinski definition) is 2. The fourth-order valence-electron chi connectivity index (χ4n) is 2.47. The van der Waals surface area contributed by atoms with E-state index >= 15 is 0 Å². The number of benzene rings is 1. The van der Waals surface area contributed by atoms with Crippen molar-refractivity contribution in [2.45, 2.75) is 45.6 Å². The average Bonchev–Trinajstić information content (AvgIpc) is 2.41. The maximum Gasteiger partial charge on any atom is 0.323 e. The summed E-state index contributed by atoms with van der Waals surface area (Å²) in [5.74, 6) is -0.785. The molecule has 0 aromatic heterocycles. The Labute approximate surface area is 128 Å². The minimum absolute atomic E-state index is 0.638. The summed E-state index contributed by atoms with van der Waals surface area (Å²) in [6, 6.07) is 6.53. The fraction of sp³-hybridized carbons (Fsp3) is 0.588. The summed E-state index contributed by atoms with van der Waals surface area (Å²) in [4.78, 5) is 13.4. The van der Waals surface area contributed by atoms with E-state index in [9.17, 15) is 9.90 Å². The molecule has 1 aromatic carbocycles. The second-order valence-electron chi connectivity index (χ2n) is 6.11. The lowest BCUT2D eigenvalue weighted by Crippen LogP contribution is -2.47. The monoisotopic (exact) mass is 292 g/mol. The number of carboxylic acid groups (broad SMARTS) is 1. The quantitative estimate of drug-likeness (QED) is 0.723. The predicted octanol–water partition coefficient (Wildman–Crippen LogP) is 2.97. The number of hydrogen-bond acceptors (Lipinski definition) is 3. The van der Waals surface area contributed by atoms with Crippen molar-refractivity contribution < 1.29 is 9.90 Å². The van der Waals surface area contributed by atoms with Gasteiger partial charge in [0, 0.05) is 19.3 Å². The van der Waals surface area contributed by atoms with Crippen LogP contribution in [0.4, 0.5) is 5.69 Å². The highest BCUT2D eigenvalue weighted by atomic mass is 16.4. The Bertz CT molecular complexity index is 467. The summed E-state index contributed by atoms with van der Waals surface area (Å²) in [6.07, 6.45) is 2.51. The Morgan fingerprint density at radius 1 is 1.24 bits per heavy atom. The van der Waals surface area contributed by atoms with E-state index in [-0.39, 0.29) is 0 Å². The summed E-state index contributed by atoms with van der Waals surface area (Å²) in [6.45, 7) is 6.89. The number of unbranched alkanes of at least 4 members (excludes halogenated alkanes) is 1. The van der Waals surface area contributed by atoms with Crippen molar-refractivity contribution in [3.8, 4) is 0 Å². The molecular formula is C17H28N2O2. The molecule has 0 saturated carbocycles. The topological polar surface area (TPSA) is 52.6 Å². The number of carbonyl (C=O) groups is 1. The third-order valence-corrected chi connectivity index (χ3v) is 4.09. The maximum atomic E-state index is 11.2. The Morgan fingerprint density at radius 2 is 1.81 bits per heavy atom. The van der Waals surface area contributed by atoms with Crippen LogP contribution < -0.4 is 10.2 Å². The predicted molar refractivity (Wildman–Crippen MR) is 88.1 cm³/mol. The van der Waals surface area contributed by atoms with Crippen LogP contribution in [0.1, 0.15) is 37.3 Å². The second kappa shape index (κ2) is 7.46. The number of anilines is 1. The van der Waals surface area contributed by atoms with E-state index in [0.717, 1.165) is 19.4 Å². The summed E-state index contributed by atoms with van der Waals surface area (Å²) in [7, 11) is 3.79. The van der Waals surface area contributed by atoms with Crippen LogP contribution in [-0.4, -0.2) is 37.3 Å². The van der Waals surface area contributed by atoms with Crippen LogP contribution in [-0.2, 0) is 4.79 Å². The lowest BCUT2D eigenvalue weighted by Gasteiger charge is -2.25. The summed E-state index contributed by atoms with van der Waals surface area (Å²) >= 11 is 0. The molecule has 4 nitrogen and oxygen atoms in total. The van der Waals surface area contributed by atoms with Gasteiger partial charge in [0.15, 0.2) is 0 Å². The highest BCUT2D eigenvalue weighted by Gasteiger charge is 2.30. The first-order valence-corrected chi connectivity index (χ1v) is 7.50. The Morgan fingerprint density at radius 3 is 2.29 bits per heavy atom. The molecular weight excluding hydrogens is 264 g/mol. The summed E-state index contributed by atoms with van der Waals surface area (Å²) < 4.78 is 0. The molecule has 0 aliphatic carbocycles. The molecule has 0 saturated heterocycles. The first kappa shape index (κ1) is 17.5. The average molecular weight is 292 g/mol. The molecule has 2 N–H and O–H groups in total. The van der Waals surface area contributed by atoms with Crippen LogP contribution >= 0.6 is 0 Å². The van der Waals surface area contributed by atoms with Gasteiger partial charge in [-0.1, -0.05) is 6.07 Å². The lowest BCUT2D eigenvalue weighted by atomic mass is 9.95. The molecule has 0 spiro atoms. The molecule has 0 radical (unpaired) electrons. The van der Waals surface area contributed by atoms with Crippen molar-refractivity contribution in [1.29, 1.82) is 0 Å². The highest BCUT2D eigenvalue weighted by Crippen LogP contribution is 2.19. The zero-order valence-corrected chi connectivity index (χ0v) is 13.9. The molecule has 1 rings (SSSR count). The van der Waals surface area contributed by atoms with E-state index in [1.165, 1.54) is 16.8 Å². The van der Waals surface area contributed by atoms with E-state index in [0.29, 0.717) is 6.42 Å². The normalized spacial score (nSPS) is 13.8. The number of nitrogens with one attached hydrogen (secondary N) is 1. The van der Waals surface area contributed by atoms with Gasteiger partial charge in [-0.3, -0.25) is 4.79 Å². The van der Waals surface area contributed by atoms with Crippen LogP contribution in [0, 0.1) is 13.8 Å². The van der Waals surface area contributed by atoms with Gasteiger partial charge in [0.05, 0.1) is 0 Å². The van der Waals surface area contributed by atoms with Crippen molar-refractivity contribution in [2.24, 2.45) is 0 Å². The zero-order valence-electron chi connectivity index (χ0n) is 13.9. The zero-order chi connectivity index (χ0) is 16.0. The van der Waals surface area contributed by atoms with Crippen molar-refractivity contribution in [3.63, 3.8) is 0 Å². The van der Waals surface area contributed by atoms with E-state index in [4.69, 9.17) is 0 Å². The highest BCUT2D eigenvalue weighted by molar-refractivity contribution is 5.78. The Hall–Kier alpha value is -1.55. The third-order valence-electron chi connectivity index (χ3n) is 4.09. The van der Waals surface area contributed by atoms with Gasteiger partial charge in [0.25, 0.3) is 0 Å². The number of nitrogens with zero attached hydrogens (tertiary/aromatic N) is 1. The van der Waals surface area contributed by atoms with E-state index in [2.05, 4.69) is 49.3 Å². The third kappa shape index (κ3) is 5.05. The fourth-order valence-corrected chi connectivity index (χ4v) is 2.47. The van der Waals surface area contributed by atoms with Crippen molar-refractivity contribution >= 4 is 11.7 Å². The minimum atomic E-state index is -0.821. The first-order valence-electron chi connectivity index (χ1n) is 7.50. The van der Waals surface area contributed by atoms with E-state index in [1.54, 1.807) is 14.0 Å². The molecule has 21 heavy (non-hydrogen) atoms. The second-order valence-corrected chi connectivity index (χ2v) is 6.11. The van der Waals surface area contributed by atoms with Crippen LogP contribution in [0.5, 0.6) is 0 Å². The van der Waals surface area contributed by atoms with Gasteiger partial charge in [0.1, 0.15) is 5.54 Å². The molecule has 0 bridgehead atoms. The van der Waals surface area contributed by atoms with Crippen LogP contribution in [0.3, 0.4) is 0 Å².